The molecule has 0 spiro atoms. The molecule has 1 amide bonds. The molecule has 3 rings (SSSR count). The van der Waals surface area contributed by atoms with Gasteiger partial charge in [0.25, 0.3) is 17.2 Å². The average molecular weight is 448 g/mol. The minimum absolute atomic E-state index is 0.141. The van der Waals surface area contributed by atoms with Crippen LogP contribution in [-0.4, -0.2) is 26.3 Å². The van der Waals surface area contributed by atoms with Crippen LogP contribution in [0.15, 0.2) is 52.4 Å². The number of carbonyl (C=O) groups excluding carboxylic acids is 1. The van der Waals surface area contributed by atoms with E-state index in [9.17, 15) is 19.7 Å². The second-order valence-electron chi connectivity index (χ2n) is 6.26. The molecule has 0 radical (unpaired) electrons. The van der Waals surface area contributed by atoms with E-state index >= 15 is 0 Å². The molecule has 30 heavy (non-hydrogen) atoms. The van der Waals surface area contributed by atoms with Gasteiger partial charge in [0.1, 0.15) is 5.56 Å². The van der Waals surface area contributed by atoms with Gasteiger partial charge in [-0.2, -0.15) is 5.10 Å². The zero-order chi connectivity index (χ0) is 22.0. The van der Waals surface area contributed by atoms with Crippen molar-refractivity contribution in [3.8, 4) is 5.69 Å². The van der Waals surface area contributed by atoms with Gasteiger partial charge in [-0.05, 0) is 38.1 Å². The topological polar surface area (TPSA) is 122 Å². The Balaban J connectivity index is 1.91. The third kappa shape index (κ3) is 4.12. The second kappa shape index (κ2) is 8.52. The maximum absolute atomic E-state index is 12.9. The van der Waals surface area contributed by atoms with Crippen LogP contribution >= 0.6 is 23.2 Å². The Morgan fingerprint density at radius 1 is 1.20 bits per heavy atom. The number of hydrazone groups is 1. The highest BCUT2D eigenvalue weighted by Gasteiger charge is 2.20. The maximum Gasteiger partial charge on any atom is 0.282 e. The summed E-state index contributed by atoms with van der Waals surface area (Å²) in [6.07, 6.45) is 0. The first-order valence-electron chi connectivity index (χ1n) is 8.56. The molecular weight excluding hydrogens is 433 g/mol. The highest BCUT2D eigenvalue weighted by atomic mass is 35.5. The number of hydrogen-bond donors (Lipinski definition) is 2. The van der Waals surface area contributed by atoms with Crippen molar-refractivity contribution in [2.75, 3.05) is 0 Å². The number of hydrogen-bond acceptors (Lipinski definition) is 5. The molecule has 0 aliphatic carbocycles. The van der Waals surface area contributed by atoms with Crippen LogP contribution in [-0.2, 0) is 0 Å². The number of aromatic nitrogens is 2. The van der Waals surface area contributed by atoms with Crippen molar-refractivity contribution in [1.29, 1.82) is 0 Å². The van der Waals surface area contributed by atoms with Crippen molar-refractivity contribution in [2.45, 2.75) is 13.8 Å². The first-order chi connectivity index (χ1) is 14.2. The van der Waals surface area contributed by atoms with E-state index in [1.54, 1.807) is 19.1 Å². The van der Waals surface area contributed by atoms with Gasteiger partial charge in [0.05, 0.1) is 31.9 Å². The van der Waals surface area contributed by atoms with Crippen molar-refractivity contribution in [3.05, 3.63) is 89.8 Å². The summed E-state index contributed by atoms with van der Waals surface area (Å²) in [6, 6.07) is 10.2. The molecule has 0 bridgehead atoms. The number of rotatable bonds is 5. The Kier molecular flexibility index (Phi) is 6.04. The maximum atomic E-state index is 12.9. The van der Waals surface area contributed by atoms with Crippen LogP contribution in [0.1, 0.15) is 28.5 Å². The lowest BCUT2D eigenvalue weighted by molar-refractivity contribution is -0.385. The molecule has 0 aliphatic rings. The van der Waals surface area contributed by atoms with Crippen LogP contribution < -0.4 is 11.0 Å². The number of nitrogens with one attached hydrogen (secondary N) is 2. The van der Waals surface area contributed by atoms with Crippen molar-refractivity contribution in [1.82, 2.24) is 15.2 Å². The number of nitro groups is 1. The molecule has 0 unspecified atom stereocenters. The first kappa shape index (κ1) is 21.3. The lowest BCUT2D eigenvalue weighted by Gasteiger charge is -2.03. The third-order valence-electron chi connectivity index (χ3n) is 4.27. The van der Waals surface area contributed by atoms with E-state index in [4.69, 9.17) is 23.2 Å². The lowest BCUT2D eigenvalue weighted by Crippen LogP contribution is -2.24. The molecule has 11 heteroatoms. The molecule has 154 valence electrons. The molecule has 2 aromatic carbocycles. The van der Waals surface area contributed by atoms with E-state index in [1.165, 1.54) is 41.9 Å². The van der Waals surface area contributed by atoms with Gasteiger partial charge in [-0.3, -0.25) is 24.8 Å². The largest absolute Gasteiger partial charge is 0.295 e. The Morgan fingerprint density at radius 3 is 2.57 bits per heavy atom. The monoisotopic (exact) mass is 447 g/mol. The molecule has 0 fully saturated rings. The molecular formula is C19H15Cl2N5O4. The van der Waals surface area contributed by atoms with Gasteiger partial charge in [0.15, 0.2) is 0 Å². The summed E-state index contributed by atoms with van der Waals surface area (Å²) in [5.74, 6) is -0.764. The Hall–Kier alpha value is -3.43. The fourth-order valence-electron chi connectivity index (χ4n) is 2.85. The summed E-state index contributed by atoms with van der Waals surface area (Å²) in [7, 11) is 0. The molecule has 2 N–H and O–H groups in total. The fourth-order valence-corrected chi connectivity index (χ4v) is 3.15. The van der Waals surface area contributed by atoms with Crippen molar-refractivity contribution < 1.29 is 9.72 Å². The molecule has 0 saturated carbocycles. The van der Waals surface area contributed by atoms with Crippen LogP contribution in [0.25, 0.3) is 5.69 Å². The van der Waals surface area contributed by atoms with E-state index in [-0.39, 0.29) is 27.5 Å². The Morgan fingerprint density at radius 2 is 1.90 bits per heavy atom. The lowest BCUT2D eigenvalue weighted by atomic mass is 10.1. The minimum atomic E-state index is -0.764. The van der Waals surface area contributed by atoms with Gasteiger partial charge < -0.3 is 0 Å². The smallest absolute Gasteiger partial charge is 0.282 e. The van der Waals surface area contributed by atoms with E-state index in [0.717, 1.165) is 0 Å². The highest BCUT2D eigenvalue weighted by molar-refractivity contribution is 6.42. The van der Waals surface area contributed by atoms with Gasteiger partial charge in [-0.15, -0.1) is 0 Å². The first-order valence-corrected chi connectivity index (χ1v) is 9.31. The van der Waals surface area contributed by atoms with Crippen LogP contribution in [0.2, 0.25) is 10.0 Å². The summed E-state index contributed by atoms with van der Waals surface area (Å²) in [5, 5.41) is 18.6. The second-order valence-corrected chi connectivity index (χ2v) is 7.08. The summed E-state index contributed by atoms with van der Waals surface area (Å²) >= 11 is 11.9. The summed E-state index contributed by atoms with van der Waals surface area (Å²) < 4.78 is 1.27. The van der Waals surface area contributed by atoms with Crippen LogP contribution in [0.3, 0.4) is 0 Å². The number of nitrogens with zero attached hydrogens (tertiary/aromatic N) is 3. The van der Waals surface area contributed by atoms with Crippen molar-refractivity contribution in [2.24, 2.45) is 5.10 Å². The zero-order valence-electron chi connectivity index (χ0n) is 15.8. The Bertz CT molecular complexity index is 1250. The number of nitro benzene ring substituents is 1. The van der Waals surface area contributed by atoms with E-state index < -0.39 is 16.4 Å². The molecule has 0 saturated heterocycles. The number of H-pyrrole nitrogens is 1. The molecule has 0 aliphatic heterocycles. The third-order valence-corrected chi connectivity index (χ3v) is 5.00. The van der Waals surface area contributed by atoms with Crippen molar-refractivity contribution >= 4 is 40.5 Å². The number of aryl methyl sites for hydroxylation is 1. The predicted molar refractivity (Wildman–Crippen MR) is 114 cm³/mol. The summed E-state index contributed by atoms with van der Waals surface area (Å²) in [5.41, 5.74) is 2.80. The average Bonchev–Trinajstić information content (AvgIpc) is 3.02. The number of aromatic amines is 1. The fraction of sp³-hybridized carbons (Fsp3) is 0.105. The van der Waals surface area contributed by atoms with Gasteiger partial charge >= 0.3 is 0 Å². The molecule has 1 heterocycles. The van der Waals surface area contributed by atoms with E-state index in [0.29, 0.717) is 16.4 Å². The molecule has 0 atom stereocenters. The Labute approximate surface area is 180 Å². The van der Waals surface area contributed by atoms with Crippen LogP contribution in [0, 0.1) is 17.0 Å². The standard InChI is InChI=1S/C19H15Cl2N5O4/c1-10(22-23-18(27)13-5-3-4-6-16(13)26(29)30)17-11(2)24-25(19(17)28)12-7-8-14(20)15(21)9-12/h3-9,24H,1-2H3,(H,23,27)/b22-10-. The quantitative estimate of drug-likeness (QED) is 0.350. The predicted octanol–water partition coefficient (Wildman–Crippen LogP) is 3.84. The zero-order valence-corrected chi connectivity index (χ0v) is 17.3. The van der Waals surface area contributed by atoms with E-state index in [2.05, 4.69) is 15.6 Å². The van der Waals surface area contributed by atoms with Crippen LogP contribution in [0.5, 0.6) is 0 Å². The van der Waals surface area contributed by atoms with Crippen LogP contribution in [0.4, 0.5) is 5.69 Å². The summed E-state index contributed by atoms with van der Waals surface area (Å²) in [4.78, 5) is 35.6. The minimum Gasteiger partial charge on any atom is -0.295 e. The van der Waals surface area contributed by atoms with Gasteiger partial charge in [-0.1, -0.05) is 35.3 Å². The number of amides is 1. The SMILES string of the molecule is C/C(=N/NC(=O)c1ccccc1[N+](=O)[O-])c1c(C)[nH]n(-c2ccc(Cl)c(Cl)c2)c1=O. The highest BCUT2D eigenvalue weighted by Crippen LogP contribution is 2.24. The summed E-state index contributed by atoms with van der Waals surface area (Å²) in [6.45, 7) is 3.21. The number of halogens is 2. The van der Waals surface area contributed by atoms with Crippen molar-refractivity contribution in [3.63, 3.8) is 0 Å². The number of benzene rings is 2. The van der Waals surface area contributed by atoms with Gasteiger partial charge in [0, 0.05) is 11.8 Å². The van der Waals surface area contributed by atoms with Gasteiger partial charge in [0.2, 0.25) is 0 Å². The number of para-hydroxylation sites is 1. The van der Waals surface area contributed by atoms with Gasteiger partial charge in [-0.25, -0.2) is 10.1 Å². The molecule has 9 nitrogen and oxygen atoms in total. The normalized spacial score (nSPS) is 11.4. The van der Waals surface area contributed by atoms with E-state index in [1.807, 2.05) is 0 Å². The molecule has 1 aromatic heterocycles. The molecule has 3 aromatic rings. The number of carbonyl (C=O) groups is 1.